The van der Waals surface area contributed by atoms with Gasteiger partial charge in [0.25, 0.3) is 0 Å². The summed E-state index contributed by atoms with van der Waals surface area (Å²) in [6.45, 7) is 49.5. The van der Waals surface area contributed by atoms with E-state index < -0.39 is 0 Å². The zero-order valence-corrected chi connectivity index (χ0v) is 149. The Morgan fingerprint density at radius 3 is 0.333 bits per heavy atom. The van der Waals surface area contributed by atoms with Crippen LogP contribution in [0, 0.1) is 59.4 Å². The van der Waals surface area contributed by atoms with Crippen molar-refractivity contribution in [1.82, 2.24) is 0 Å². The molecule has 8 aliphatic carbocycles. The van der Waals surface area contributed by atoms with Gasteiger partial charge >= 0.3 is 0 Å². The molecule has 704 valence electrons. The van der Waals surface area contributed by atoms with E-state index in [9.17, 15) is 0 Å². The largest absolute Gasteiger partial charge is 0.358 e. The molecule has 20 radical (unpaired) electrons. The Labute approximate surface area is 1360 Å². The van der Waals surface area contributed by atoms with Gasteiger partial charge in [0.15, 0.2) is 0 Å². The standard InChI is InChI=1S/4C20H14.6C3H8.6C2H6.8CH3.20Y/c2*1-3-7-17-13(5-1)9-15-11-20-16(12-19(15)17)10-14-6-2-4-8-18(14)20;2*1-3-7-15-13(5-1)11-19-17(15)9-10-18-16-8-4-2-6-14(16)12-20(18)19;6*1-3-2;6*1-2;;;;;;;;;;;;;;;;;;;;;;;;;;;;/h2*1-8,11-12H,9-10H2;2*1-10H,11-12H2;6*3H2,1-2H3;6*1-2H3;8*1H3;;;;;;;;;;;;;;;;;;;;/q;;;;;;;;;;;;;;;;8*-1;;;;;;;;;;;;;;;;;;;;. The molecule has 0 heterocycles. The average Bonchev–Trinajstić information content (AvgIpc) is 1.62. The number of hydrogen-bond acceptors (Lipinski definition) is 0. The van der Waals surface area contributed by atoms with Crippen molar-refractivity contribution in [3.05, 3.63) is 391 Å². The Bertz CT molecular complexity index is 4160. The fraction of sp³-hybridized carbons (Fsp3) is 0.322. The summed E-state index contributed by atoms with van der Waals surface area (Å²) in [6, 6.07) is 89.6. The van der Waals surface area contributed by atoms with Crippen LogP contribution in [0.25, 0.3) is 89.0 Å². The van der Waals surface area contributed by atoms with Crippen LogP contribution in [0.2, 0.25) is 0 Å². The zero-order chi connectivity index (χ0) is 80.7. The molecule has 0 saturated heterocycles. The number of benzene rings is 12. The monoisotopic (exact) mass is 3360 g/mol. The summed E-state index contributed by atoms with van der Waals surface area (Å²) in [5, 5.41) is 0. The third-order valence-electron chi connectivity index (χ3n) is 19.0. The van der Waals surface area contributed by atoms with Crippen LogP contribution in [0.3, 0.4) is 0 Å². The van der Waals surface area contributed by atoms with Crippen LogP contribution in [-0.4, -0.2) is 0 Å². The Kier molecular flexibility index (Phi) is 191. The van der Waals surface area contributed by atoms with Gasteiger partial charge in [0, 0.05) is 654 Å². The summed E-state index contributed by atoms with van der Waals surface area (Å²) in [5.41, 5.74) is 47.0. The van der Waals surface area contributed by atoms with Gasteiger partial charge in [0.1, 0.15) is 0 Å². The first-order valence-electron chi connectivity index (χ1n) is 43.4. The normalized spacial score (nSPS) is 8.93. The van der Waals surface area contributed by atoms with Crippen molar-refractivity contribution in [3.8, 4) is 89.0 Å². The van der Waals surface area contributed by atoms with E-state index in [0.717, 1.165) is 51.4 Å². The molecule has 0 spiro atoms. The molecule has 20 heteroatoms. The zero-order valence-electron chi connectivity index (χ0n) is 92.5. The average molecular weight is 3360 g/mol. The van der Waals surface area contributed by atoms with Crippen molar-refractivity contribution in [2.45, 2.75) is 256 Å². The van der Waals surface area contributed by atoms with Crippen molar-refractivity contribution in [2.75, 3.05) is 0 Å². The van der Waals surface area contributed by atoms with Gasteiger partial charge in [-0.25, -0.2) is 0 Å². The molecular weight excluding hydrogens is 3200 g/mol. The predicted octanol–water partition coefficient (Wildman–Crippen LogP) is 37.5. The second kappa shape index (κ2) is 125. The minimum absolute atomic E-state index is 0. The Hall–Kier alpha value is 12.7. The Morgan fingerprint density at radius 1 is 0.123 bits per heavy atom. The number of fused-ring (bicyclic) bond motifs is 26. The molecule has 0 atom stereocenters. The molecule has 0 bridgehead atoms. The van der Waals surface area contributed by atoms with E-state index in [4.69, 9.17) is 0 Å². The van der Waals surface area contributed by atoms with Crippen molar-refractivity contribution in [2.24, 2.45) is 0 Å². The fourth-order valence-corrected chi connectivity index (χ4v) is 15.2. The van der Waals surface area contributed by atoms with Gasteiger partial charge in [0.05, 0.1) is 0 Å². The topological polar surface area (TPSA) is 0 Å². The first kappa shape index (κ1) is 210. The second-order valence-electron chi connectivity index (χ2n) is 27.5. The maximum absolute atomic E-state index is 2.43. The van der Waals surface area contributed by atoms with Crippen LogP contribution >= 0.6 is 0 Å². The van der Waals surface area contributed by atoms with Crippen molar-refractivity contribution >= 4 is 0 Å². The summed E-state index contributed by atoms with van der Waals surface area (Å²) in [7, 11) is 0. The number of rotatable bonds is 0. The molecule has 0 N–H and O–H groups in total. The van der Waals surface area contributed by atoms with E-state index in [2.05, 4.69) is 326 Å². The molecule has 0 amide bonds. The van der Waals surface area contributed by atoms with Gasteiger partial charge in [-0.2, -0.15) is 0 Å². The molecular formula is C118H164Y20-8. The van der Waals surface area contributed by atoms with Crippen LogP contribution in [0.4, 0.5) is 0 Å². The van der Waals surface area contributed by atoms with Gasteiger partial charge < -0.3 is 59.4 Å². The van der Waals surface area contributed by atoms with Gasteiger partial charge in [0.2, 0.25) is 0 Å². The van der Waals surface area contributed by atoms with Gasteiger partial charge in [-0.05, 0) is 254 Å². The quantitative estimate of drug-likeness (QED) is 0.133. The molecule has 0 aliphatic heterocycles. The molecule has 0 nitrogen and oxygen atoms in total. The SMILES string of the molecule is CC.CC.CC.CC.CC.CC.CCC.CCC.CCC.CCC.CCC.CCC.[CH3-].[CH3-].[CH3-].[CH3-].[CH3-].[CH3-].[CH3-].[CH3-].[Y].[Y].[Y].[Y].[Y].[Y].[Y].[Y].[Y].[Y].[Y].[Y].[Y].[Y].[Y].[Y].[Y].[Y].[Y].[Y].c1ccc2c(c1)Cc1c-2ccc2c1Cc1ccccc1-2.c1ccc2c(c1)Cc1c-2ccc2c1Cc1ccccc1-2.c1ccc2c(c1)Cc1cc3c(cc1-2)Cc1ccccc1-3.c1ccc2c(c1)Cc1cc3c(cc1-2)Cc1ccccc1-3. The first-order chi connectivity index (χ1) is 54.1. The Balaban J connectivity index is -0.0000000490. The van der Waals surface area contributed by atoms with Crippen LogP contribution in [0.1, 0.15) is 294 Å². The van der Waals surface area contributed by atoms with E-state index in [1.54, 1.807) is 22.3 Å². The third kappa shape index (κ3) is 61.0. The van der Waals surface area contributed by atoms with Gasteiger partial charge in [-0.1, -0.05) is 423 Å². The van der Waals surface area contributed by atoms with Crippen LogP contribution in [0.5, 0.6) is 0 Å². The third-order valence-corrected chi connectivity index (χ3v) is 19.0. The van der Waals surface area contributed by atoms with Crippen LogP contribution in [-0.2, 0) is 706 Å². The molecule has 0 fully saturated rings. The Morgan fingerprint density at radius 2 is 0.217 bits per heavy atom. The van der Waals surface area contributed by atoms with E-state index in [0.29, 0.717) is 0 Å². The smallest absolute Gasteiger partial charge is 0 e. The van der Waals surface area contributed by atoms with Gasteiger partial charge in [-0.3, -0.25) is 0 Å². The first-order valence-corrected chi connectivity index (χ1v) is 43.4. The van der Waals surface area contributed by atoms with E-state index >= 15 is 0 Å². The van der Waals surface area contributed by atoms with Crippen LogP contribution < -0.4 is 0 Å². The molecule has 12 aromatic rings. The van der Waals surface area contributed by atoms with E-state index in [1.165, 1.54) is 194 Å². The second-order valence-corrected chi connectivity index (χ2v) is 27.5. The molecule has 12 aromatic carbocycles. The molecule has 0 saturated carbocycles. The van der Waals surface area contributed by atoms with E-state index in [1.807, 2.05) is 83.1 Å². The minimum Gasteiger partial charge on any atom is -0.358 e. The molecule has 8 aliphatic rings. The molecule has 138 heavy (non-hydrogen) atoms. The maximum Gasteiger partial charge on any atom is 0 e. The van der Waals surface area contributed by atoms with Crippen molar-refractivity contribution in [1.29, 1.82) is 0 Å². The summed E-state index contributed by atoms with van der Waals surface area (Å²) in [6.07, 6.45) is 16.2. The van der Waals surface area contributed by atoms with Crippen molar-refractivity contribution < 1.29 is 654 Å². The molecule has 0 unspecified atom stereocenters. The maximum atomic E-state index is 2.43. The minimum atomic E-state index is 0. The van der Waals surface area contributed by atoms with Gasteiger partial charge in [-0.15, -0.1) is 0 Å². The van der Waals surface area contributed by atoms with Crippen molar-refractivity contribution in [3.63, 3.8) is 0 Å². The molecule has 0 aromatic heterocycles. The number of hydrogen-bond donors (Lipinski definition) is 0. The summed E-state index contributed by atoms with van der Waals surface area (Å²) in [4.78, 5) is 0. The summed E-state index contributed by atoms with van der Waals surface area (Å²) < 4.78 is 0. The van der Waals surface area contributed by atoms with Crippen LogP contribution in [0.15, 0.2) is 243 Å². The molecule has 20 rings (SSSR count). The van der Waals surface area contributed by atoms with E-state index in [-0.39, 0.29) is 714 Å². The predicted molar refractivity (Wildman–Crippen MR) is 547 cm³/mol. The summed E-state index contributed by atoms with van der Waals surface area (Å²) in [5.74, 6) is 0. The summed E-state index contributed by atoms with van der Waals surface area (Å²) >= 11 is 0. The fourth-order valence-electron chi connectivity index (χ4n) is 15.2.